The van der Waals surface area contributed by atoms with Gasteiger partial charge in [-0.1, -0.05) is 19.9 Å². The van der Waals surface area contributed by atoms with E-state index in [-0.39, 0.29) is 30.9 Å². The molecule has 1 aliphatic rings. The highest BCUT2D eigenvalue weighted by atomic mass is 19.1. The number of benzene rings is 1. The van der Waals surface area contributed by atoms with Gasteiger partial charge in [-0.25, -0.2) is 9.18 Å². The maximum absolute atomic E-state index is 14.6. The van der Waals surface area contributed by atoms with Crippen LogP contribution in [0.15, 0.2) is 36.5 Å². The van der Waals surface area contributed by atoms with E-state index in [2.05, 4.69) is 4.98 Å². The van der Waals surface area contributed by atoms with Gasteiger partial charge in [0.1, 0.15) is 24.3 Å². The van der Waals surface area contributed by atoms with Crippen LogP contribution in [-0.2, 0) is 20.6 Å². The van der Waals surface area contributed by atoms with Gasteiger partial charge in [0.15, 0.2) is 0 Å². The zero-order chi connectivity index (χ0) is 23.3. The van der Waals surface area contributed by atoms with Crippen molar-refractivity contribution in [3.8, 4) is 5.75 Å². The van der Waals surface area contributed by atoms with E-state index in [9.17, 15) is 14.3 Å². The zero-order valence-corrected chi connectivity index (χ0v) is 18.8. The van der Waals surface area contributed by atoms with Gasteiger partial charge in [-0.15, -0.1) is 0 Å². The molecule has 1 saturated heterocycles. The fourth-order valence-electron chi connectivity index (χ4n) is 3.89. The molecule has 0 radical (unpaired) electrons. The van der Waals surface area contributed by atoms with Crippen LogP contribution in [0, 0.1) is 17.7 Å². The first-order valence-electron chi connectivity index (χ1n) is 10.7. The number of methoxy groups -OCH3 is 1. The van der Waals surface area contributed by atoms with Crippen molar-refractivity contribution in [3.63, 3.8) is 0 Å². The predicted molar refractivity (Wildman–Crippen MR) is 115 cm³/mol. The molecule has 0 bridgehead atoms. The normalized spacial score (nSPS) is 25.2. The number of hydrogen-bond acceptors (Lipinski definition) is 7. The fourth-order valence-corrected chi connectivity index (χ4v) is 3.89. The van der Waals surface area contributed by atoms with Crippen molar-refractivity contribution < 1.29 is 33.2 Å². The number of hydrogen-bond donors (Lipinski definition) is 1. The van der Waals surface area contributed by atoms with Gasteiger partial charge in [0, 0.05) is 12.1 Å². The first kappa shape index (κ1) is 23.9. The molecule has 0 aliphatic carbocycles. The largest absolute Gasteiger partial charge is 0.508 e. The smallest absolute Gasteiger partial charge is 0.495 e. The number of nitrogens with zero attached hydrogens (tertiary/aromatic N) is 1. The molecule has 1 fully saturated rings. The minimum Gasteiger partial charge on any atom is -0.495 e. The summed E-state index contributed by atoms with van der Waals surface area (Å²) in [6.45, 7) is 5.66. The second kappa shape index (κ2) is 10.7. The standard InChI is InChI=1S/C24H30FNO6/c1-5-30-24(28)31-13-21-22(27)14(2)15(3)23(32-21)16-6-9-20(25)17(10-16)11-18-7-8-19(29-4)12-26-18/h6-10,12,14-15,21-23,27H,5,11,13H2,1-4H3. The van der Waals surface area contributed by atoms with Crippen LogP contribution in [0.5, 0.6) is 5.75 Å². The minimum absolute atomic E-state index is 0.0405. The van der Waals surface area contributed by atoms with Crippen LogP contribution in [0.3, 0.4) is 0 Å². The summed E-state index contributed by atoms with van der Waals surface area (Å²) >= 11 is 0. The molecule has 0 spiro atoms. The molecule has 5 atom stereocenters. The lowest BCUT2D eigenvalue weighted by Crippen LogP contribution is -2.48. The van der Waals surface area contributed by atoms with E-state index in [1.54, 1.807) is 44.5 Å². The van der Waals surface area contributed by atoms with Crippen molar-refractivity contribution in [1.29, 1.82) is 0 Å². The van der Waals surface area contributed by atoms with Gasteiger partial charge in [0.25, 0.3) is 0 Å². The summed E-state index contributed by atoms with van der Waals surface area (Å²) in [6.07, 6.45) is -0.806. The lowest BCUT2D eigenvalue weighted by atomic mass is 9.79. The van der Waals surface area contributed by atoms with Gasteiger partial charge in [-0.05, 0) is 54.2 Å². The van der Waals surface area contributed by atoms with Crippen molar-refractivity contribution in [2.75, 3.05) is 20.3 Å². The molecule has 1 N–H and O–H groups in total. The van der Waals surface area contributed by atoms with Crippen LogP contribution in [0.25, 0.3) is 0 Å². The van der Waals surface area contributed by atoms with Crippen LogP contribution in [0.2, 0.25) is 0 Å². The van der Waals surface area contributed by atoms with Crippen molar-refractivity contribution in [2.24, 2.45) is 11.8 Å². The highest BCUT2D eigenvalue weighted by Crippen LogP contribution is 2.40. The Kier molecular flexibility index (Phi) is 8.04. The number of carbonyl (C=O) groups is 1. The Labute approximate surface area is 187 Å². The molecule has 5 unspecified atom stereocenters. The van der Waals surface area contributed by atoms with E-state index in [0.29, 0.717) is 23.4 Å². The molecule has 7 nitrogen and oxygen atoms in total. The fraction of sp³-hybridized carbons (Fsp3) is 0.500. The second-order valence-electron chi connectivity index (χ2n) is 8.01. The van der Waals surface area contributed by atoms with Gasteiger partial charge in [0.2, 0.25) is 0 Å². The van der Waals surface area contributed by atoms with Crippen molar-refractivity contribution in [1.82, 2.24) is 4.98 Å². The summed E-state index contributed by atoms with van der Waals surface area (Å²) < 4.78 is 35.7. The maximum atomic E-state index is 14.6. The lowest BCUT2D eigenvalue weighted by Gasteiger charge is -2.42. The molecule has 1 aromatic carbocycles. The van der Waals surface area contributed by atoms with Gasteiger partial charge in [0.05, 0.1) is 32.1 Å². The molecule has 0 amide bonds. The van der Waals surface area contributed by atoms with Crippen molar-refractivity contribution >= 4 is 6.16 Å². The Bertz CT molecular complexity index is 906. The maximum Gasteiger partial charge on any atom is 0.508 e. The molecule has 2 heterocycles. The van der Waals surface area contributed by atoms with Crippen molar-refractivity contribution in [3.05, 3.63) is 59.2 Å². The summed E-state index contributed by atoms with van der Waals surface area (Å²) in [5.74, 6) is 0.142. The number of aromatic nitrogens is 1. The topological polar surface area (TPSA) is 87.1 Å². The Morgan fingerprint density at radius 1 is 1.19 bits per heavy atom. The molecule has 1 aromatic heterocycles. The Balaban J connectivity index is 1.78. The number of halogens is 1. The molecule has 174 valence electrons. The van der Waals surface area contributed by atoms with E-state index >= 15 is 0 Å². The van der Waals surface area contributed by atoms with Gasteiger partial charge >= 0.3 is 6.16 Å². The van der Waals surface area contributed by atoms with Gasteiger partial charge in [-0.2, -0.15) is 0 Å². The summed E-state index contributed by atoms with van der Waals surface area (Å²) in [4.78, 5) is 15.9. The summed E-state index contributed by atoms with van der Waals surface area (Å²) in [5, 5.41) is 10.6. The third-order valence-electron chi connectivity index (χ3n) is 5.98. The van der Waals surface area contributed by atoms with E-state index in [1.165, 1.54) is 6.07 Å². The zero-order valence-electron chi connectivity index (χ0n) is 18.8. The minimum atomic E-state index is -0.806. The number of carbonyl (C=O) groups excluding carboxylic acids is 1. The SMILES string of the molecule is CCOC(=O)OCC1OC(c2ccc(F)c(Cc3ccc(OC)cn3)c2)C(C)C(C)C1O. The van der Waals surface area contributed by atoms with Crippen LogP contribution in [0.4, 0.5) is 9.18 Å². The average molecular weight is 448 g/mol. The summed E-state index contributed by atoms with van der Waals surface area (Å²) in [7, 11) is 1.56. The highest BCUT2D eigenvalue weighted by Gasteiger charge is 2.41. The number of aliphatic hydroxyl groups excluding tert-OH is 1. The average Bonchev–Trinajstić information content (AvgIpc) is 2.79. The lowest BCUT2D eigenvalue weighted by molar-refractivity contribution is -0.184. The van der Waals surface area contributed by atoms with Gasteiger partial charge in [-0.3, -0.25) is 4.98 Å². The molecular weight excluding hydrogens is 417 g/mol. The molecule has 2 aromatic rings. The Hall–Kier alpha value is -2.71. The summed E-state index contributed by atoms with van der Waals surface area (Å²) in [5.41, 5.74) is 2.00. The first-order valence-corrected chi connectivity index (χ1v) is 10.7. The van der Waals surface area contributed by atoms with E-state index in [0.717, 1.165) is 5.56 Å². The summed E-state index contributed by atoms with van der Waals surface area (Å²) in [6, 6.07) is 8.47. The molecule has 3 rings (SSSR count). The van der Waals surface area contributed by atoms with E-state index in [1.807, 2.05) is 13.8 Å². The van der Waals surface area contributed by atoms with Crippen LogP contribution >= 0.6 is 0 Å². The number of pyridine rings is 1. The molecule has 8 heteroatoms. The molecular formula is C24H30FNO6. The molecule has 32 heavy (non-hydrogen) atoms. The van der Waals surface area contributed by atoms with Crippen LogP contribution < -0.4 is 4.74 Å². The molecule has 1 aliphatic heterocycles. The van der Waals surface area contributed by atoms with Gasteiger partial charge < -0.3 is 24.1 Å². The predicted octanol–water partition coefficient (Wildman–Crippen LogP) is 4.07. The van der Waals surface area contributed by atoms with E-state index in [4.69, 9.17) is 18.9 Å². The highest BCUT2D eigenvalue weighted by molar-refractivity contribution is 5.59. The quantitative estimate of drug-likeness (QED) is 0.641. The third kappa shape index (κ3) is 5.55. The number of ether oxygens (including phenoxy) is 4. The second-order valence-corrected chi connectivity index (χ2v) is 8.01. The van der Waals surface area contributed by atoms with E-state index < -0.39 is 24.5 Å². The Morgan fingerprint density at radius 2 is 1.97 bits per heavy atom. The number of rotatable bonds is 7. The first-order chi connectivity index (χ1) is 15.3. The number of aliphatic hydroxyl groups is 1. The monoisotopic (exact) mass is 447 g/mol. The van der Waals surface area contributed by atoms with Crippen molar-refractivity contribution in [2.45, 2.75) is 45.5 Å². The Morgan fingerprint density at radius 3 is 2.62 bits per heavy atom. The molecule has 0 saturated carbocycles. The third-order valence-corrected chi connectivity index (χ3v) is 5.98. The van der Waals surface area contributed by atoms with Crippen LogP contribution in [-0.4, -0.2) is 48.8 Å². The van der Waals surface area contributed by atoms with Crippen LogP contribution in [0.1, 0.15) is 43.7 Å².